The van der Waals surface area contributed by atoms with Gasteiger partial charge in [-0.15, -0.1) is 0 Å². The number of amides is 2. The Bertz CT molecular complexity index is 265. The maximum absolute atomic E-state index is 11.6. The highest BCUT2D eigenvalue weighted by Crippen LogP contribution is 2.24. The van der Waals surface area contributed by atoms with Crippen molar-refractivity contribution in [3.05, 3.63) is 0 Å². The number of nitrogens with two attached hydrogens (primary N) is 2. The molecule has 0 radical (unpaired) electrons. The summed E-state index contributed by atoms with van der Waals surface area (Å²) in [5.74, 6) is 0.363. The van der Waals surface area contributed by atoms with Gasteiger partial charge >= 0.3 is 0 Å². The minimum atomic E-state index is -0.750. The molecule has 1 heterocycles. The van der Waals surface area contributed by atoms with Crippen LogP contribution in [0.2, 0.25) is 0 Å². The Morgan fingerprint density at radius 3 is 2.60 bits per heavy atom. The first kappa shape index (κ1) is 12.0. The number of hydrogen-bond donors (Lipinski definition) is 2. The molecule has 4 N–H and O–H groups in total. The lowest BCUT2D eigenvalue weighted by Crippen LogP contribution is -2.46. The third-order valence-electron chi connectivity index (χ3n) is 2.97. The monoisotopic (exact) mass is 213 g/mol. The molecule has 86 valence electrons. The highest BCUT2D eigenvalue weighted by Gasteiger charge is 2.32. The second kappa shape index (κ2) is 4.61. The molecular formula is C10H19N3O2. The Morgan fingerprint density at radius 2 is 2.20 bits per heavy atom. The molecule has 0 spiro atoms. The molecule has 0 aromatic heterocycles. The molecule has 1 saturated heterocycles. The maximum Gasteiger partial charge on any atom is 0.236 e. The van der Waals surface area contributed by atoms with Crippen molar-refractivity contribution in [3.63, 3.8) is 0 Å². The summed E-state index contributed by atoms with van der Waals surface area (Å²) in [4.78, 5) is 24.0. The zero-order chi connectivity index (χ0) is 11.6. The third-order valence-corrected chi connectivity index (χ3v) is 2.97. The summed E-state index contributed by atoms with van der Waals surface area (Å²) >= 11 is 0. The van der Waals surface area contributed by atoms with Crippen molar-refractivity contribution in [2.75, 3.05) is 13.1 Å². The fourth-order valence-electron chi connectivity index (χ4n) is 1.75. The Kier molecular flexibility index (Phi) is 3.68. The highest BCUT2D eigenvalue weighted by atomic mass is 16.2. The van der Waals surface area contributed by atoms with Gasteiger partial charge in [0.25, 0.3) is 0 Å². The number of nitrogens with zero attached hydrogens (tertiary/aromatic N) is 1. The van der Waals surface area contributed by atoms with E-state index in [9.17, 15) is 9.59 Å². The number of primary amides is 1. The molecule has 1 aliphatic rings. The molecule has 2 unspecified atom stereocenters. The van der Waals surface area contributed by atoms with E-state index in [0.717, 1.165) is 0 Å². The van der Waals surface area contributed by atoms with Gasteiger partial charge in [-0.3, -0.25) is 9.59 Å². The first-order valence-corrected chi connectivity index (χ1v) is 5.24. The van der Waals surface area contributed by atoms with Gasteiger partial charge in [-0.1, -0.05) is 13.8 Å². The molecule has 5 nitrogen and oxygen atoms in total. The molecule has 1 fully saturated rings. The van der Waals surface area contributed by atoms with Crippen molar-refractivity contribution in [3.8, 4) is 0 Å². The fourth-order valence-corrected chi connectivity index (χ4v) is 1.75. The van der Waals surface area contributed by atoms with Crippen molar-refractivity contribution >= 4 is 11.8 Å². The molecular weight excluding hydrogens is 194 g/mol. The van der Waals surface area contributed by atoms with Crippen LogP contribution >= 0.6 is 0 Å². The minimum absolute atomic E-state index is 0.0744. The van der Waals surface area contributed by atoms with Gasteiger partial charge in [-0.05, 0) is 11.8 Å². The van der Waals surface area contributed by atoms with Crippen LogP contribution in [0.3, 0.4) is 0 Å². The van der Waals surface area contributed by atoms with E-state index >= 15 is 0 Å². The van der Waals surface area contributed by atoms with Gasteiger partial charge < -0.3 is 16.4 Å². The first-order valence-electron chi connectivity index (χ1n) is 5.24. The SMILES string of the molecule is CC(C)C1CC(=O)N(CC(N)C(N)=O)C1. The lowest BCUT2D eigenvalue weighted by Gasteiger charge is -2.20. The van der Waals surface area contributed by atoms with E-state index in [4.69, 9.17) is 11.5 Å². The molecule has 15 heavy (non-hydrogen) atoms. The zero-order valence-corrected chi connectivity index (χ0v) is 9.27. The normalized spacial score (nSPS) is 23.6. The van der Waals surface area contributed by atoms with Gasteiger partial charge in [0, 0.05) is 19.5 Å². The standard InChI is InChI=1S/C10H19N3O2/c1-6(2)7-3-9(14)13(4-7)5-8(11)10(12)15/h6-8H,3-5,11H2,1-2H3,(H2,12,15). The summed E-state index contributed by atoms with van der Waals surface area (Å²) in [7, 11) is 0. The van der Waals surface area contributed by atoms with Crippen LogP contribution < -0.4 is 11.5 Å². The molecule has 2 atom stereocenters. The predicted octanol–water partition coefficient (Wildman–Crippen LogP) is -0.696. The molecule has 0 aliphatic carbocycles. The van der Waals surface area contributed by atoms with Crippen molar-refractivity contribution in [1.29, 1.82) is 0 Å². The zero-order valence-electron chi connectivity index (χ0n) is 9.27. The Labute approximate surface area is 89.8 Å². The summed E-state index contributed by atoms with van der Waals surface area (Å²) in [5, 5.41) is 0. The molecule has 1 rings (SSSR count). The van der Waals surface area contributed by atoms with E-state index in [1.165, 1.54) is 0 Å². The largest absolute Gasteiger partial charge is 0.368 e. The van der Waals surface area contributed by atoms with Crippen LogP contribution in [0.5, 0.6) is 0 Å². The molecule has 1 aliphatic heterocycles. The van der Waals surface area contributed by atoms with E-state index in [0.29, 0.717) is 24.8 Å². The molecule has 2 amide bonds. The minimum Gasteiger partial charge on any atom is -0.368 e. The third kappa shape index (κ3) is 2.92. The Balaban J connectivity index is 2.51. The van der Waals surface area contributed by atoms with Crippen LogP contribution in [-0.2, 0) is 9.59 Å². The fraction of sp³-hybridized carbons (Fsp3) is 0.800. The van der Waals surface area contributed by atoms with E-state index in [-0.39, 0.29) is 12.5 Å². The highest BCUT2D eigenvalue weighted by molar-refractivity contribution is 5.82. The number of hydrogen-bond acceptors (Lipinski definition) is 3. The van der Waals surface area contributed by atoms with E-state index in [1.54, 1.807) is 4.90 Å². The van der Waals surface area contributed by atoms with E-state index in [1.807, 2.05) is 0 Å². The van der Waals surface area contributed by atoms with Gasteiger partial charge in [0.05, 0.1) is 0 Å². The van der Waals surface area contributed by atoms with Crippen LogP contribution in [-0.4, -0.2) is 35.8 Å². The molecule has 0 aromatic carbocycles. The number of carbonyl (C=O) groups excluding carboxylic acids is 2. The van der Waals surface area contributed by atoms with Crippen molar-refractivity contribution in [2.24, 2.45) is 23.3 Å². The van der Waals surface area contributed by atoms with Gasteiger partial charge in [-0.25, -0.2) is 0 Å². The van der Waals surface area contributed by atoms with Crippen LogP contribution in [0.15, 0.2) is 0 Å². The van der Waals surface area contributed by atoms with Crippen LogP contribution in [0, 0.1) is 11.8 Å². The van der Waals surface area contributed by atoms with Crippen LogP contribution in [0.25, 0.3) is 0 Å². The first-order chi connectivity index (χ1) is 6.91. The average molecular weight is 213 g/mol. The van der Waals surface area contributed by atoms with Gasteiger partial charge in [-0.2, -0.15) is 0 Å². The second-order valence-corrected chi connectivity index (χ2v) is 4.52. The van der Waals surface area contributed by atoms with Crippen molar-refractivity contribution < 1.29 is 9.59 Å². The lowest BCUT2D eigenvalue weighted by molar-refractivity contribution is -0.128. The number of carbonyl (C=O) groups is 2. The summed E-state index contributed by atoms with van der Waals surface area (Å²) in [5.41, 5.74) is 10.6. The molecule has 0 saturated carbocycles. The van der Waals surface area contributed by atoms with Crippen LogP contribution in [0.4, 0.5) is 0 Å². The lowest BCUT2D eigenvalue weighted by atomic mass is 9.95. The van der Waals surface area contributed by atoms with Crippen LogP contribution in [0.1, 0.15) is 20.3 Å². The second-order valence-electron chi connectivity index (χ2n) is 4.52. The topological polar surface area (TPSA) is 89.4 Å². The summed E-state index contributed by atoms with van der Waals surface area (Å²) in [6, 6.07) is -0.750. The maximum atomic E-state index is 11.6. The summed E-state index contributed by atoms with van der Waals surface area (Å²) in [6.07, 6.45) is 0.559. The van der Waals surface area contributed by atoms with Gasteiger partial charge in [0.1, 0.15) is 6.04 Å². The van der Waals surface area contributed by atoms with Gasteiger partial charge in [0.2, 0.25) is 11.8 Å². The van der Waals surface area contributed by atoms with Crippen molar-refractivity contribution in [2.45, 2.75) is 26.3 Å². The molecule has 0 bridgehead atoms. The summed E-state index contributed by atoms with van der Waals surface area (Å²) in [6.45, 7) is 5.12. The summed E-state index contributed by atoms with van der Waals surface area (Å²) < 4.78 is 0. The number of rotatable bonds is 4. The van der Waals surface area contributed by atoms with E-state index in [2.05, 4.69) is 13.8 Å². The quantitative estimate of drug-likeness (QED) is 0.647. The van der Waals surface area contributed by atoms with Gasteiger partial charge in [0.15, 0.2) is 0 Å². The molecule has 0 aromatic rings. The van der Waals surface area contributed by atoms with E-state index < -0.39 is 11.9 Å². The Hall–Kier alpha value is -1.10. The molecule has 5 heteroatoms. The average Bonchev–Trinajstić information content (AvgIpc) is 2.47. The smallest absolute Gasteiger partial charge is 0.236 e. The predicted molar refractivity (Wildman–Crippen MR) is 56.7 cm³/mol. The van der Waals surface area contributed by atoms with Crippen molar-refractivity contribution in [1.82, 2.24) is 4.90 Å². The number of likely N-dealkylation sites (tertiary alicyclic amines) is 1. The Morgan fingerprint density at radius 1 is 1.60 bits per heavy atom.